The topological polar surface area (TPSA) is 8.17 Å². The molecule has 296 valence electrons. The Bertz CT molecular complexity index is 2780. The lowest BCUT2D eigenvalue weighted by molar-refractivity contribution is 1.04. The maximum atomic E-state index is 4.18. The summed E-state index contributed by atoms with van der Waals surface area (Å²) < 4.78 is 2.36. The Labute approximate surface area is 357 Å². The van der Waals surface area contributed by atoms with Crippen molar-refractivity contribution >= 4 is 49.9 Å². The normalized spacial score (nSPS) is 13.3. The molecular weight excluding hydrogens is 725 g/mol. The molecule has 0 saturated carbocycles. The molecule has 1 aliphatic carbocycles. The Morgan fingerprint density at radius 3 is 1.88 bits per heavy atom. The van der Waals surface area contributed by atoms with E-state index in [0.717, 1.165) is 46.7 Å². The van der Waals surface area contributed by atoms with Gasteiger partial charge in [-0.15, -0.1) is 0 Å². The third-order valence-corrected chi connectivity index (χ3v) is 10.9. The summed E-state index contributed by atoms with van der Waals surface area (Å²) in [6.45, 7) is 16.2. The Morgan fingerprint density at radius 1 is 0.583 bits per heavy atom. The predicted octanol–water partition coefficient (Wildman–Crippen LogP) is 16.7. The Hall–Kier alpha value is -7.16. The van der Waals surface area contributed by atoms with Gasteiger partial charge in [-0.1, -0.05) is 173 Å². The van der Waals surface area contributed by atoms with Crippen molar-refractivity contribution in [1.82, 2.24) is 4.57 Å². The summed E-state index contributed by atoms with van der Waals surface area (Å²) in [7, 11) is 0. The van der Waals surface area contributed by atoms with Crippen molar-refractivity contribution in [2.24, 2.45) is 0 Å². The zero-order chi connectivity index (χ0) is 41.8. The van der Waals surface area contributed by atoms with Crippen LogP contribution in [0.25, 0.3) is 55.3 Å². The molecule has 0 radical (unpaired) electrons. The number of hydrogen-bond donors (Lipinski definition) is 0. The highest BCUT2D eigenvalue weighted by Gasteiger charge is 2.15. The van der Waals surface area contributed by atoms with Gasteiger partial charge in [0.2, 0.25) is 0 Å². The molecule has 7 aromatic rings. The number of fused-ring (bicyclic) bond motifs is 3. The van der Waals surface area contributed by atoms with Gasteiger partial charge >= 0.3 is 0 Å². The molecule has 2 nitrogen and oxygen atoms in total. The zero-order valence-electron chi connectivity index (χ0n) is 35.4. The number of para-hydroxylation sites is 2. The number of allylic oxidation sites excluding steroid dienone is 14. The van der Waals surface area contributed by atoms with Gasteiger partial charge in [-0.2, -0.15) is 0 Å². The second-order valence-electron chi connectivity index (χ2n) is 14.7. The molecule has 0 bridgehead atoms. The average molecular weight is 779 g/mol. The molecule has 0 aliphatic heterocycles. The fourth-order valence-electron chi connectivity index (χ4n) is 7.86. The van der Waals surface area contributed by atoms with Crippen LogP contribution >= 0.6 is 0 Å². The Morgan fingerprint density at radius 2 is 1.22 bits per heavy atom. The minimum atomic E-state index is 1.06. The number of aromatic nitrogens is 1. The van der Waals surface area contributed by atoms with Crippen molar-refractivity contribution in [3.05, 3.63) is 242 Å². The third kappa shape index (κ3) is 8.94. The lowest BCUT2D eigenvalue weighted by Crippen LogP contribution is -2.14. The highest BCUT2D eigenvalue weighted by Crippen LogP contribution is 2.37. The molecule has 0 saturated heterocycles. The summed E-state index contributed by atoms with van der Waals surface area (Å²) >= 11 is 0. The second-order valence-corrected chi connectivity index (χ2v) is 14.7. The maximum absolute atomic E-state index is 4.18. The van der Waals surface area contributed by atoms with Crippen LogP contribution in [0.2, 0.25) is 0 Å². The van der Waals surface area contributed by atoms with E-state index in [1.807, 2.05) is 32.1 Å². The zero-order valence-corrected chi connectivity index (χ0v) is 35.4. The number of nitrogens with zero attached hydrogens (tertiary/aromatic N) is 2. The molecule has 1 heterocycles. The van der Waals surface area contributed by atoms with Gasteiger partial charge in [0, 0.05) is 33.5 Å². The second kappa shape index (κ2) is 19.5. The van der Waals surface area contributed by atoms with Gasteiger partial charge in [0.1, 0.15) is 0 Å². The van der Waals surface area contributed by atoms with Crippen LogP contribution in [-0.2, 0) is 0 Å². The molecule has 0 fully saturated rings. The SMILES string of the molecule is C=C/C=C\C=C(/C)c1ccc(/C(C=C)=C/C=C(\C)N(c2ccc(C3=CCCC=C3)cc2)c2ccc(-c3ccc4c(c3)c3ccccc3n4-c3ccccc3)cc2)cc1.CC. The predicted molar refractivity (Wildman–Crippen MR) is 264 cm³/mol. The molecule has 0 N–H and O–H groups in total. The van der Waals surface area contributed by atoms with E-state index in [0.29, 0.717) is 0 Å². The molecule has 6 aromatic carbocycles. The first-order chi connectivity index (χ1) is 29.5. The van der Waals surface area contributed by atoms with Crippen molar-refractivity contribution in [2.75, 3.05) is 4.90 Å². The molecule has 1 aromatic heterocycles. The molecule has 0 spiro atoms. The molecular formula is C58H54N2. The van der Waals surface area contributed by atoms with Gasteiger partial charge in [-0.25, -0.2) is 0 Å². The van der Waals surface area contributed by atoms with Crippen LogP contribution in [0.4, 0.5) is 11.4 Å². The largest absolute Gasteiger partial charge is 0.315 e. The first kappa shape index (κ1) is 41.0. The Balaban J connectivity index is 0.00000268. The third-order valence-electron chi connectivity index (χ3n) is 10.9. The fourth-order valence-corrected chi connectivity index (χ4v) is 7.86. The van der Waals surface area contributed by atoms with Crippen LogP contribution in [0.3, 0.4) is 0 Å². The molecule has 8 rings (SSSR count). The molecule has 0 unspecified atom stereocenters. The van der Waals surface area contributed by atoms with Gasteiger partial charge in [-0.05, 0) is 132 Å². The average Bonchev–Trinajstić information content (AvgIpc) is 3.65. The van der Waals surface area contributed by atoms with Crippen molar-refractivity contribution in [2.45, 2.75) is 40.5 Å². The molecule has 2 heteroatoms. The van der Waals surface area contributed by atoms with Crippen molar-refractivity contribution in [3.8, 4) is 16.8 Å². The minimum Gasteiger partial charge on any atom is -0.315 e. The number of hydrogen-bond acceptors (Lipinski definition) is 1. The highest BCUT2D eigenvalue weighted by molar-refractivity contribution is 6.10. The first-order valence-electron chi connectivity index (χ1n) is 21.1. The quantitative estimate of drug-likeness (QED) is 0.112. The summed E-state index contributed by atoms with van der Waals surface area (Å²) in [5.41, 5.74) is 16.3. The van der Waals surface area contributed by atoms with E-state index in [9.17, 15) is 0 Å². The van der Waals surface area contributed by atoms with Gasteiger partial charge < -0.3 is 9.47 Å². The first-order valence-corrected chi connectivity index (χ1v) is 21.1. The van der Waals surface area contributed by atoms with E-state index in [4.69, 9.17) is 0 Å². The fraction of sp³-hybridized carbons (Fsp3) is 0.103. The molecule has 0 amide bonds. The van der Waals surface area contributed by atoms with Gasteiger partial charge in [-0.3, -0.25) is 0 Å². The van der Waals surface area contributed by atoms with E-state index in [-0.39, 0.29) is 0 Å². The van der Waals surface area contributed by atoms with E-state index < -0.39 is 0 Å². The molecule has 0 atom stereocenters. The van der Waals surface area contributed by atoms with Crippen LogP contribution in [0, 0.1) is 0 Å². The van der Waals surface area contributed by atoms with Crippen molar-refractivity contribution in [3.63, 3.8) is 0 Å². The van der Waals surface area contributed by atoms with Crippen LogP contribution in [0.1, 0.15) is 57.2 Å². The summed E-state index contributed by atoms with van der Waals surface area (Å²) in [5, 5.41) is 2.50. The lowest BCUT2D eigenvalue weighted by Gasteiger charge is -2.26. The standard InChI is InChI=1S/C56H48N2.C2H6/c1-5-7-10-17-41(3)44-26-28-46(29-27-44)43(6-2)25-24-42(4)57(51-35-30-47(31-36-51)45-18-11-8-12-19-45)52-37-32-48(33-38-52)49-34-39-56-54(40-49)53-22-15-16-23-55(53)58(56)50-20-13-9-14-21-50;1-2/h5-7,9-11,13-40H,1-2,8,12H2,3-4H3;1-2H3/b10-7-,41-17+,42-24+,43-25+;. The van der Waals surface area contributed by atoms with Gasteiger partial charge in [0.05, 0.1) is 11.0 Å². The van der Waals surface area contributed by atoms with Crippen LogP contribution in [0.15, 0.2) is 225 Å². The van der Waals surface area contributed by atoms with Crippen LogP contribution < -0.4 is 4.90 Å². The minimum absolute atomic E-state index is 1.06. The van der Waals surface area contributed by atoms with Gasteiger partial charge in [0.25, 0.3) is 0 Å². The van der Waals surface area contributed by atoms with Crippen molar-refractivity contribution < 1.29 is 0 Å². The monoisotopic (exact) mass is 778 g/mol. The maximum Gasteiger partial charge on any atom is 0.0541 e. The number of rotatable bonds is 12. The molecule has 60 heavy (non-hydrogen) atoms. The number of benzene rings is 6. The summed E-state index contributed by atoms with van der Waals surface area (Å²) in [5.74, 6) is 0. The summed E-state index contributed by atoms with van der Waals surface area (Å²) in [6, 6.07) is 52.8. The van der Waals surface area contributed by atoms with E-state index in [1.165, 1.54) is 55.2 Å². The highest BCUT2D eigenvalue weighted by atomic mass is 15.1. The smallest absolute Gasteiger partial charge is 0.0541 e. The van der Waals surface area contributed by atoms with E-state index in [2.05, 4.69) is 219 Å². The van der Waals surface area contributed by atoms with Crippen molar-refractivity contribution in [1.29, 1.82) is 0 Å². The Kier molecular flexibility index (Phi) is 13.3. The van der Waals surface area contributed by atoms with Gasteiger partial charge in [0.15, 0.2) is 0 Å². The summed E-state index contributed by atoms with van der Waals surface area (Å²) in [4.78, 5) is 2.33. The lowest BCUT2D eigenvalue weighted by atomic mass is 9.99. The number of anilines is 2. The molecule has 1 aliphatic rings. The summed E-state index contributed by atoms with van der Waals surface area (Å²) in [6.07, 6.45) is 23.2. The van der Waals surface area contributed by atoms with Crippen LogP contribution in [-0.4, -0.2) is 4.57 Å². The van der Waals surface area contributed by atoms with Crippen LogP contribution in [0.5, 0.6) is 0 Å². The van der Waals surface area contributed by atoms with E-state index >= 15 is 0 Å². The van der Waals surface area contributed by atoms with E-state index in [1.54, 1.807) is 6.08 Å².